The molecule has 1 aliphatic heterocycles. The number of hydrogen-bond donors (Lipinski definition) is 0. The molecule has 3 rings (SSSR count). The van der Waals surface area contributed by atoms with Gasteiger partial charge in [0.1, 0.15) is 0 Å². The summed E-state index contributed by atoms with van der Waals surface area (Å²) >= 11 is 0. The average Bonchev–Trinajstić information content (AvgIpc) is 2.84. The molecule has 0 N–H and O–H groups in total. The minimum Gasteiger partial charge on any atom is -0.309 e. The van der Waals surface area contributed by atoms with Crippen LogP contribution in [0.5, 0.6) is 0 Å². The summed E-state index contributed by atoms with van der Waals surface area (Å²) < 4.78 is 0. The van der Waals surface area contributed by atoms with Crippen molar-refractivity contribution < 1.29 is 4.79 Å². The third-order valence-electron chi connectivity index (χ3n) is 4.67. The van der Waals surface area contributed by atoms with Crippen LogP contribution in [0.15, 0.2) is 42.5 Å². The van der Waals surface area contributed by atoms with Crippen LogP contribution in [0.2, 0.25) is 0 Å². The standard InChI is InChI=1S/C20H23NO/c1-14-8-9-17(12-15(14)2)10-11-20(22)21-16(3)13-18-6-4-5-7-19(18)21/h4-9,12,16H,10-11,13H2,1-3H3. The Kier molecular flexibility index (Phi) is 4.02. The van der Waals surface area contributed by atoms with E-state index in [4.69, 9.17) is 0 Å². The molecule has 114 valence electrons. The second-order valence-corrected chi connectivity index (χ2v) is 6.36. The Hall–Kier alpha value is -2.09. The number of para-hydroxylation sites is 1. The van der Waals surface area contributed by atoms with Crippen LogP contribution in [0.1, 0.15) is 35.6 Å². The molecule has 0 fully saturated rings. The summed E-state index contributed by atoms with van der Waals surface area (Å²) in [5, 5.41) is 0. The first kappa shape index (κ1) is 14.8. The van der Waals surface area contributed by atoms with Gasteiger partial charge in [-0.2, -0.15) is 0 Å². The maximum atomic E-state index is 12.7. The Morgan fingerprint density at radius 3 is 2.68 bits per heavy atom. The molecule has 2 nitrogen and oxygen atoms in total. The van der Waals surface area contributed by atoms with E-state index in [1.807, 2.05) is 11.0 Å². The van der Waals surface area contributed by atoms with Gasteiger partial charge in [-0.3, -0.25) is 4.79 Å². The zero-order chi connectivity index (χ0) is 15.7. The Bertz CT molecular complexity index is 705. The number of carbonyl (C=O) groups is 1. The highest BCUT2D eigenvalue weighted by Gasteiger charge is 2.29. The minimum atomic E-state index is 0.232. The van der Waals surface area contributed by atoms with E-state index in [2.05, 4.69) is 57.2 Å². The SMILES string of the molecule is Cc1ccc(CCC(=O)N2c3ccccc3CC2C)cc1C. The van der Waals surface area contributed by atoms with E-state index in [1.165, 1.54) is 22.3 Å². The van der Waals surface area contributed by atoms with Crippen LogP contribution in [0.3, 0.4) is 0 Å². The molecule has 1 aliphatic rings. The fourth-order valence-electron chi connectivity index (χ4n) is 3.28. The number of hydrogen-bond acceptors (Lipinski definition) is 1. The van der Waals surface area contributed by atoms with E-state index in [0.29, 0.717) is 6.42 Å². The largest absolute Gasteiger partial charge is 0.309 e. The van der Waals surface area contributed by atoms with Gasteiger partial charge < -0.3 is 4.90 Å². The van der Waals surface area contributed by atoms with Gasteiger partial charge in [-0.05, 0) is 61.9 Å². The lowest BCUT2D eigenvalue weighted by Crippen LogP contribution is -2.35. The van der Waals surface area contributed by atoms with Gasteiger partial charge in [0.15, 0.2) is 0 Å². The molecular weight excluding hydrogens is 270 g/mol. The van der Waals surface area contributed by atoms with Crippen molar-refractivity contribution in [2.45, 2.75) is 46.1 Å². The Morgan fingerprint density at radius 1 is 1.14 bits per heavy atom. The Morgan fingerprint density at radius 2 is 1.91 bits per heavy atom. The fraction of sp³-hybridized carbons (Fsp3) is 0.350. The average molecular weight is 293 g/mol. The van der Waals surface area contributed by atoms with Crippen LogP contribution < -0.4 is 4.90 Å². The maximum absolute atomic E-state index is 12.7. The first-order valence-electron chi connectivity index (χ1n) is 8.02. The fourth-order valence-corrected chi connectivity index (χ4v) is 3.28. The molecule has 0 spiro atoms. The van der Waals surface area contributed by atoms with Crippen LogP contribution in [-0.2, 0) is 17.6 Å². The summed E-state index contributed by atoms with van der Waals surface area (Å²) in [4.78, 5) is 14.7. The number of carbonyl (C=O) groups excluding carboxylic acids is 1. The smallest absolute Gasteiger partial charge is 0.227 e. The number of fused-ring (bicyclic) bond motifs is 1. The second kappa shape index (κ2) is 5.96. The minimum absolute atomic E-state index is 0.232. The normalized spacial score (nSPS) is 16.7. The summed E-state index contributed by atoms with van der Waals surface area (Å²) in [7, 11) is 0. The molecule has 0 saturated heterocycles. The zero-order valence-electron chi connectivity index (χ0n) is 13.6. The van der Waals surface area contributed by atoms with Crippen molar-refractivity contribution in [3.8, 4) is 0 Å². The second-order valence-electron chi connectivity index (χ2n) is 6.36. The molecule has 0 aromatic heterocycles. The maximum Gasteiger partial charge on any atom is 0.227 e. The summed E-state index contributed by atoms with van der Waals surface area (Å²) in [5.74, 6) is 0.232. The van der Waals surface area contributed by atoms with Crippen molar-refractivity contribution >= 4 is 11.6 Å². The summed E-state index contributed by atoms with van der Waals surface area (Å²) in [6.07, 6.45) is 2.35. The van der Waals surface area contributed by atoms with Gasteiger partial charge in [-0.15, -0.1) is 0 Å². The predicted octanol–water partition coefficient (Wildman–Crippen LogP) is 4.21. The van der Waals surface area contributed by atoms with Crippen LogP contribution >= 0.6 is 0 Å². The van der Waals surface area contributed by atoms with Crippen LogP contribution in [0.4, 0.5) is 5.69 Å². The van der Waals surface area contributed by atoms with E-state index in [1.54, 1.807) is 0 Å². The molecule has 0 aliphatic carbocycles. The van der Waals surface area contributed by atoms with Gasteiger partial charge in [-0.1, -0.05) is 36.4 Å². The molecule has 22 heavy (non-hydrogen) atoms. The first-order valence-corrected chi connectivity index (χ1v) is 8.02. The number of anilines is 1. The zero-order valence-corrected chi connectivity index (χ0v) is 13.6. The summed E-state index contributed by atoms with van der Waals surface area (Å²) in [5.41, 5.74) is 6.23. The van der Waals surface area contributed by atoms with Gasteiger partial charge in [0.25, 0.3) is 0 Å². The number of benzene rings is 2. The first-order chi connectivity index (χ1) is 10.6. The molecule has 2 aromatic rings. The Labute approximate surface area is 132 Å². The van der Waals surface area contributed by atoms with Gasteiger partial charge in [0.2, 0.25) is 5.91 Å². The van der Waals surface area contributed by atoms with Gasteiger partial charge in [0.05, 0.1) is 0 Å². The summed E-state index contributed by atoms with van der Waals surface area (Å²) in [6.45, 7) is 6.38. The number of rotatable bonds is 3. The highest BCUT2D eigenvalue weighted by Crippen LogP contribution is 2.32. The molecule has 1 unspecified atom stereocenters. The third-order valence-corrected chi connectivity index (χ3v) is 4.67. The van der Waals surface area contributed by atoms with Crippen LogP contribution in [0.25, 0.3) is 0 Å². The molecule has 1 amide bonds. The topological polar surface area (TPSA) is 20.3 Å². The van der Waals surface area contributed by atoms with Crippen molar-refractivity contribution in [2.75, 3.05) is 4.90 Å². The van der Waals surface area contributed by atoms with E-state index in [0.717, 1.165) is 18.5 Å². The van der Waals surface area contributed by atoms with Crippen molar-refractivity contribution in [1.82, 2.24) is 0 Å². The van der Waals surface area contributed by atoms with Crippen LogP contribution in [0, 0.1) is 13.8 Å². The van der Waals surface area contributed by atoms with Crippen molar-refractivity contribution in [3.05, 3.63) is 64.7 Å². The van der Waals surface area contributed by atoms with E-state index in [-0.39, 0.29) is 11.9 Å². The van der Waals surface area contributed by atoms with Crippen molar-refractivity contribution in [2.24, 2.45) is 0 Å². The molecule has 2 aromatic carbocycles. The molecular formula is C20H23NO. The van der Waals surface area contributed by atoms with Crippen molar-refractivity contribution in [1.29, 1.82) is 0 Å². The van der Waals surface area contributed by atoms with Gasteiger partial charge in [0, 0.05) is 18.2 Å². The Balaban J connectivity index is 1.71. The van der Waals surface area contributed by atoms with Gasteiger partial charge >= 0.3 is 0 Å². The molecule has 1 atom stereocenters. The van der Waals surface area contributed by atoms with Crippen molar-refractivity contribution in [3.63, 3.8) is 0 Å². The van der Waals surface area contributed by atoms with Gasteiger partial charge in [-0.25, -0.2) is 0 Å². The number of aryl methyl sites for hydroxylation is 3. The quantitative estimate of drug-likeness (QED) is 0.830. The lowest BCUT2D eigenvalue weighted by molar-refractivity contribution is -0.118. The van der Waals surface area contributed by atoms with E-state index >= 15 is 0 Å². The molecule has 0 bridgehead atoms. The number of amides is 1. The van der Waals surface area contributed by atoms with E-state index < -0.39 is 0 Å². The van der Waals surface area contributed by atoms with E-state index in [9.17, 15) is 4.79 Å². The lowest BCUT2D eigenvalue weighted by Gasteiger charge is -2.22. The summed E-state index contributed by atoms with van der Waals surface area (Å²) in [6, 6.07) is 15.0. The predicted molar refractivity (Wildman–Crippen MR) is 91.3 cm³/mol. The molecule has 1 heterocycles. The van der Waals surface area contributed by atoms with Crippen LogP contribution in [-0.4, -0.2) is 11.9 Å². The number of nitrogens with zero attached hydrogens (tertiary/aromatic N) is 1. The monoisotopic (exact) mass is 293 g/mol. The highest BCUT2D eigenvalue weighted by atomic mass is 16.2. The highest BCUT2D eigenvalue weighted by molar-refractivity contribution is 5.96. The third kappa shape index (κ3) is 2.78. The molecule has 0 radical (unpaired) electrons. The lowest BCUT2D eigenvalue weighted by atomic mass is 10.0. The molecule has 2 heteroatoms. The molecule has 0 saturated carbocycles.